The number of halogens is 4. The Labute approximate surface area is 104 Å². The number of carbonyl (C=O) groups is 1. The first kappa shape index (κ1) is 12.6. The van der Waals surface area contributed by atoms with E-state index in [4.69, 9.17) is 16.0 Å². The molecule has 0 saturated heterocycles. The fourth-order valence-corrected chi connectivity index (χ4v) is 1.54. The van der Waals surface area contributed by atoms with Gasteiger partial charge in [-0.3, -0.25) is 4.79 Å². The summed E-state index contributed by atoms with van der Waals surface area (Å²) in [6.45, 7) is 0. The van der Waals surface area contributed by atoms with Gasteiger partial charge in [-0.25, -0.2) is 4.98 Å². The quantitative estimate of drug-likeness (QED) is 0.784. The van der Waals surface area contributed by atoms with Crippen molar-refractivity contribution < 1.29 is 22.4 Å². The molecular formula is C11H5ClF3NO2. The number of carbonyl (C=O) groups excluding carboxylic acids is 1. The molecule has 2 rings (SSSR count). The molecule has 0 aliphatic carbocycles. The smallest absolute Gasteiger partial charge is 0.416 e. The number of oxazole rings is 1. The fraction of sp³-hybridized carbons (Fsp3) is 0.0909. The molecule has 94 valence electrons. The topological polar surface area (TPSA) is 43.1 Å². The van der Waals surface area contributed by atoms with Crippen LogP contribution >= 0.6 is 11.6 Å². The zero-order chi connectivity index (χ0) is 13.3. The molecule has 18 heavy (non-hydrogen) atoms. The van der Waals surface area contributed by atoms with Crippen molar-refractivity contribution in [2.24, 2.45) is 0 Å². The van der Waals surface area contributed by atoms with Crippen molar-refractivity contribution in [2.45, 2.75) is 6.18 Å². The third-order valence-electron chi connectivity index (χ3n) is 2.23. The predicted molar refractivity (Wildman–Crippen MR) is 57.1 cm³/mol. The maximum absolute atomic E-state index is 12.4. The first-order chi connectivity index (χ1) is 8.39. The van der Waals surface area contributed by atoms with Crippen LogP contribution in [0.4, 0.5) is 13.2 Å². The van der Waals surface area contributed by atoms with E-state index in [0.717, 1.165) is 18.5 Å². The van der Waals surface area contributed by atoms with E-state index in [9.17, 15) is 18.0 Å². The Morgan fingerprint density at radius 1 is 1.22 bits per heavy atom. The molecular weight excluding hydrogens is 271 g/mol. The van der Waals surface area contributed by atoms with Crippen molar-refractivity contribution in [1.82, 2.24) is 4.98 Å². The molecule has 7 heteroatoms. The predicted octanol–water partition coefficient (Wildman–Crippen LogP) is 3.74. The summed E-state index contributed by atoms with van der Waals surface area (Å²) >= 11 is 5.26. The number of benzene rings is 1. The summed E-state index contributed by atoms with van der Waals surface area (Å²) in [6, 6.07) is 4.15. The molecule has 0 radical (unpaired) electrons. The van der Waals surface area contributed by atoms with Crippen LogP contribution in [0, 0.1) is 0 Å². The molecule has 0 saturated carbocycles. The second-order valence-electron chi connectivity index (χ2n) is 3.38. The largest absolute Gasteiger partial charge is 0.443 e. The van der Waals surface area contributed by atoms with Crippen LogP contribution in [-0.4, -0.2) is 10.2 Å². The zero-order valence-corrected chi connectivity index (χ0v) is 9.42. The zero-order valence-electron chi connectivity index (χ0n) is 8.66. The summed E-state index contributed by atoms with van der Waals surface area (Å²) in [5, 5.41) is -0.835. The van der Waals surface area contributed by atoms with Crippen molar-refractivity contribution in [1.29, 1.82) is 0 Å². The highest BCUT2D eigenvalue weighted by molar-refractivity contribution is 6.67. The van der Waals surface area contributed by atoms with Gasteiger partial charge in [-0.05, 0) is 23.7 Å². The van der Waals surface area contributed by atoms with Crippen LogP contribution in [0.3, 0.4) is 0 Å². The van der Waals surface area contributed by atoms with Crippen molar-refractivity contribution in [3.8, 4) is 11.3 Å². The van der Waals surface area contributed by atoms with Gasteiger partial charge in [-0.15, -0.1) is 0 Å². The highest BCUT2D eigenvalue weighted by atomic mass is 35.5. The van der Waals surface area contributed by atoms with E-state index in [0.29, 0.717) is 5.56 Å². The fourth-order valence-electron chi connectivity index (χ4n) is 1.40. The third-order valence-corrected chi connectivity index (χ3v) is 2.41. The van der Waals surface area contributed by atoms with Gasteiger partial charge in [-0.1, -0.05) is 12.1 Å². The SMILES string of the molecule is O=C(Cl)c1ncoc1-c1ccc(C(F)(F)F)cc1. The Hall–Kier alpha value is -1.82. The Morgan fingerprint density at radius 2 is 1.83 bits per heavy atom. The number of rotatable bonds is 2. The molecule has 1 heterocycles. The molecule has 0 N–H and O–H groups in total. The molecule has 0 bridgehead atoms. The van der Waals surface area contributed by atoms with Crippen molar-refractivity contribution in [3.63, 3.8) is 0 Å². The molecule has 0 fully saturated rings. The van der Waals surface area contributed by atoms with E-state index >= 15 is 0 Å². The summed E-state index contributed by atoms with van der Waals surface area (Å²) in [6.07, 6.45) is -3.41. The number of hydrogen-bond acceptors (Lipinski definition) is 3. The van der Waals surface area contributed by atoms with Crippen LogP contribution in [0.2, 0.25) is 0 Å². The Balaban J connectivity index is 2.41. The van der Waals surface area contributed by atoms with Gasteiger partial charge in [0.05, 0.1) is 5.56 Å². The van der Waals surface area contributed by atoms with Gasteiger partial charge in [-0.2, -0.15) is 13.2 Å². The van der Waals surface area contributed by atoms with Gasteiger partial charge < -0.3 is 4.42 Å². The third kappa shape index (κ3) is 2.38. The molecule has 3 nitrogen and oxygen atoms in total. The molecule has 1 aromatic heterocycles. The summed E-state index contributed by atoms with van der Waals surface area (Å²) in [7, 11) is 0. The molecule has 0 atom stereocenters. The van der Waals surface area contributed by atoms with Gasteiger partial charge in [0.25, 0.3) is 5.24 Å². The number of nitrogens with zero attached hydrogens (tertiary/aromatic N) is 1. The lowest BCUT2D eigenvalue weighted by Gasteiger charge is -2.06. The lowest BCUT2D eigenvalue weighted by molar-refractivity contribution is -0.137. The van der Waals surface area contributed by atoms with Gasteiger partial charge in [0.1, 0.15) is 0 Å². The van der Waals surface area contributed by atoms with E-state index in [1.165, 1.54) is 12.1 Å². The Morgan fingerprint density at radius 3 is 2.33 bits per heavy atom. The summed E-state index contributed by atoms with van der Waals surface area (Å²) < 4.78 is 42.0. The van der Waals surface area contributed by atoms with Gasteiger partial charge in [0.2, 0.25) is 0 Å². The minimum atomic E-state index is -4.41. The second kappa shape index (κ2) is 4.45. The first-order valence-corrected chi connectivity index (χ1v) is 5.08. The molecule has 0 amide bonds. The first-order valence-electron chi connectivity index (χ1n) is 4.70. The molecule has 0 spiro atoms. The van der Waals surface area contributed by atoms with Gasteiger partial charge >= 0.3 is 6.18 Å². The highest BCUT2D eigenvalue weighted by Gasteiger charge is 2.30. The summed E-state index contributed by atoms with van der Waals surface area (Å²) in [5.74, 6) is 0.0451. The van der Waals surface area contributed by atoms with Crippen molar-refractivity contribution in [2.75, 3.05) is 0 Å². The standard InChI is InChI=1S/C11H5ClF3NO2/c12-10(17)8-9(18-5-16-8)6-1-3-7(4-2-6)11(13,14)15/h1-5H. The minimum Gasteiger partial charge on any atom is -0.443 e. The van der Waals surface area contributed by atoms with Crippen molar-refractivity contribution in [3.05, 3.63) is 41.9 Å². The summed E-state index contributed by atoms with van der Waals surface area (Å²) in [4.78, 5) is 14.6. The van der Waals surface area contributed by atoms with Crippen LogP contribution in [-0.2, 0) is 6.18 Å². The van der Waals surface area contributed by atoms with E-state index in [2.05, 4.69) is 4.98 Å². The van der Waals surface area contributed by atoms with Crippen LogP contribution in [0.5, 0.6) is 0 Å². The minimum absolute atomic E-state index is 0.0451. The number of hydrogen-bond donors (Lipinski definition) is 0. The van der Waals surface area contributed by atoms with Crippen LogP contribution in [0.1, 0.15) is 16.1 Å². The average molecular weight is 276 g/mol. The molecule has 0 aliphatic rings. The average Bonchev–Trinajstić information content (AvgIpc) is 2.77. The maximum atomic E-state index is 12.4. The van der Waals surface area contributed by atoms with E-state index in [1.54, 1.807) is 0 Å². The van der Waals surface area contributed by atoms with Gasteiger partial charge in [0, 0.05) is 5.56 Å². The number of alkyl halides is 3. The van der Waals surface area contributed by atoms with E-state index in [1.807, 2.05) is 0 Å². The number of aromatic nitrogens is 1. The van der Waals surface area contributed by atoms with Crippen LogP contribution < -0.4 is 0 Å². The van der Waals surface area contributed by atoms with E-state index < -0.39 is 17.0 Å². The lowest BCUT2D eigenvalue weighted by atomic mass is 10.1. The Bertz CT molecular complexity index is 575. The van der Waals surface area contributed by atoms with Crippen LogP contribution in [0.15, 0.2) is 35.1 Å². The van der Waals surface area contributed by atoms with E-state index in [-0.39, 0.29) is 11.5 Å². The molecule has 0 aliphatic heterocycles. The normalized spacial score (nSPS) is 11.6. The Kier molecular flexibility index (Phi) is 3.13. The molecule has 0 unspecified atom stereocenters. The lowest BCUT2D eigenvalue weighted by Crippen LogP contribution is -2.04. The molecule has 2 aromatic rings. The molecule has 1 aromatic carbocycles. The van der Waals surface area contributed by atoms with Crippen molar-refractivity contribution >= 4 is 16.8 Å². The highest BCUT2D eigenvalue weighted by Crippen LogP contribution is 2.31. The maximum Gasteiger partial charge on any atom is 0.416 e. The van der Waals surface area contributed by atoms with Gasteiger partial charge in [0.15, 0.2) is 17.8 Å². The second-order valence-corrected chi connectivity index (χ2v) is 3.72. The summed E-state index contributed by atoms with van der Waals surface area (Å²) in [5.41, 5.74) is -0.620. The monoisotopic (exact) mass is 275 g/mol. The van der Waals surface area contributed by atoms with Crippen LogP contribution in [0.25, 0.3) is 11.3 Å².